The van der Waals surface area contributed by atoms with Crippen LogP contribution < -0.4 is 5.32 Å². The van der Waals surface area contributed by atoms with E-state index in [4.69, 9.17) is 4.74 Å². The third-order valence-corrected chi connectivity index (χ3v) is 4.52. The third kappa shape index (κ3) is 2.33. The van der Waals surface area contributed by atoms with Crippen molar-refractivity contribution in [1.82, 2.24) is 10.2 Å². The van der Waals surface area contributed by atoms with Crippen LogP contribution in [0, 0.1) is 5.41 Å². The highest BCUT2D eigenvalue weighted by molar-refractivity contribution is 5.79. The average Bonchev–Trinajstić information content (AvgIpc) is 2.91. The Balaban J connectivity index is 1.60. The highest BCUT2D eigenvalue weighted by Gasteiger charge is 2.44. The maximum absolute atomic E-state index is 12.1. The SMILES string of the molecule is O=C1CC2(CCNCC2)CN1C[C@H]1CCCO1. The van der Waals surface area contributed by atoms with E-state index < -0.39 is 0 Å². The summed E-state index contributed by atoms with van der Waals surface area (Å²) in [5.41, 5.74) is 0.279. The molecule has 3 fully saturated rings. The topological polar surface area (TPSA) is 41.6 Å². The van der Waals surface area contributed by atoms with E-state index in [-0.39, 0.29) is 5.41 Å². The first-order chi connectivity index (χ1) is 8.27. The van der Waals surface area contributed by atoms with Crippen LogP contribution in [-0.2, 0) is 9.53 Å². The first kappa shape index (κ1) is 11.5. The van der Waals surface area contributed by atoms with Crippen molar-refractivity contribution >= 4 is 5.91 Å². The van der Waals surface area contributed by atoms with Crippen LogP contribution in [0.15, 0.2) is 0 Å². The maximum atomic E-state index is 12.1. The third-order valence-electron chi connectivity index (χ3n) is 4.52. The fourth-order valence-corrected chi connectivity index (χ4v) is 3.47. The molecule has 4 heteroatoms. The molecule has 96 valence electrons. The highest BCUT2D eigenvalue weighted by atomic mass is 16.5. The molecular weight excluding hydrogens is 216 g/mol. The van der Waals surface area contributed by atoms with Crippen LogP contribution in [0.2, 0.25) is 0 Å². The van der Waals surface area contributed by atoms with Gasteiger partial charge in [-0.3, -0.25) is 4.79 Å². The second-order valence-corrected chi connectivity index (χ2v) is 5.84. The van der Waals surface area contributed by atoms with Gasteiger partial charge in [0, 0.05) is 26.1 Å². The molecule has 1 amide bonds. The maximum Gasteiger partial charge on any atom is 0.223 e. The van der Waals surface area contributed by atoms with Crippen LogP contribution in [0.25, 0.3) is 0 Å². The van der Waals surface area contributed by atoms with Gasteiger partial charge in [-0.15, -0.1) is 0 Å². The Kier molecular flexibility index (Phi) is 3.09. The lowest BCUT2D eigenvalue weighted by molar-refractivity contribution is -0.129. The van der Waals surface area contributed by atoms with E-state index in [9.17, 15) is 4.79 Å². The van der Waals surface area contributed by atoms with Crippen LogP contribution in [0.5, 0.6) is 0 Å². The van der Waals surface area contributed by atoms with Crippen LogP contribution >= 0.6 is 0 Å². The van der Waals surface area contributed by atoms with E-state index in [2.05, 4.69) is 10.2 Å². The zero-order valence-electron chi connectivity index (χ0n) is 10.4. The van der Waals surface area contributed by atoms with Gasteiger partial charge in [-0.25, -0.2) is 0 Å². The van der Waals surface area contributed by atoms with Crippen molar-refractivity contribution in [3.63, 3.8) is 0 Å². The largest absolute Gasteiger partial charge is 0.376 e. The van der Waals surface area contributed by atoms with Crippen LogP contribution in [0.1, 0.15) is 32.1 Å². The summed E-state index contributed by atoms with van der Waals surface area (Å²) in [7, 11) is 0. The summed E-state index contributed by atoms with van der Waals surface area (Å²) in [6, 6.07) is 0. The zero-order valence-corrected chi connectivity index (χ0v) is 10.4. The van der Waals surface area contributed by atoms with Gasteiger partial charge in [-0.05, 0) is 44.2 Å². The smallest absolute Gasteiger partial charge is 0.223 e. The normalized spacial score (nSPS) is 32.6. The monoisotopic (exact) mass is 238 g/mol. The molecule has 1 N–H and O–H groups in total. The number of rotatable bonds is 2. The van der Waals surface area contributed by atoms with Gasteiger partial charge in [0.2, 0.25) is 5.91 Å². The summed E-state index contributed by atoms with van der Waals surface area (Å²) in [5, 5.41) is 3.38. The van der Waals surface area contributed by atoms with Gasteiger partial charge >= 0.3 is 0 Å². The number of hydrogen-bond donors (Lipinski definition) is 1. The van der Waals surface area contributed by atoms with Gasteiger partial charge in [-0.2, -0.15) is 0 Å². The molecule has 3 rings (SSSR count). The van der Waals surface area contributed by atoms with E-state index in [0.717, 1.165) is 64.9 Å². The molecule has 17 heavy (non-hydrogen) atoms. The molecule has 4 nitrogen and oxygen atoms in total. The lowest BCUT2D eigenvalue weighted by Gasteiger charge is -2.33. The Morgan fingerprint density at radius 2 is 2.24 bits per heavy atom. The number of likely N-dealkylation sites (tertiary alicyclic amines) is 1. The number of hydrogen-bond acceptors (Lipinski definition) is 3. The predicted octanol–water partition coefficient (Wildman–Crippen LogP) is 0.767. The van der Waals surface area contributed by atoms with Gasteiger partial charge in [0.05, 0.1) is 6.10 Å². The number of nitrogens with zero attached hydrogens (tertiary/aromatic N) is 1. The van der Waals surface area contributed by atoms with Crippen molar-refractivity contribution in [1.29, 1.82) is 0 Å². The number of carbonyl (C=O) groups excluding carboxylic acids is 1. The summed E-state index contributed by atoms with van der Waals surface area (Å²) in [6.07, 6.45) is 5.65. The number of amides is 1. The van der Waals surface area contributed by atoms with Crippen LogP contribution in [0.4, 0.5) is 0 Å². The van der Waals surface area contributed by atoms with E-state index >= 15 is 0 Å². The van der Waals surface area contributed by atoms with Crippen molar-refractivity contribution in [3.05, 3.63) is 0 Å². The number of carbonyl (C=O) groups is 1. The molecule has 0 aromatic rings. The minimum atomic E-state index is 0.279. The Morgan fingerprint density at radius 1 is 1.41 bits per heavy atom. The van der Waals surface area contributed by atoms with Crippen molar-refractivity contribution in [3.8, 4) is 0 Å². The molecule has 1 spiro atoms. The molecule has 3 aliphatic heterocycles. The summed E-state index contributed by atoms with van der Waals surface area (Å²) < 4.78 is 5.63. The van der Waals surface area contributed by atoms with E-state index in [1.165, 1.54) is 0 Å². The fraction of sp³-hybridized carbons (Fsp3) is 0.923. The van der Waals surface area contributed by atoms with Gasteiger partial charge < -0.3 is 15.0 Å². The molecular formula is C13H22N2O2. The number of nitrogens with one attached hydrogen (secondary N) is 1. The van der Waals surface area contributed by atoms with E-state index in [1.807, 2.05) is 0 Å². The van der Waals surface area contributed by atoms with Crippen molar-refractivity contribution in [2.75, 3.05) is 32.8 Å². The number of ether oxygens (including phenoxy) is 1. The quantitative estimate of drug-likeness (QED) is 0.772. The molecule has 0 aromatic carbocycles. The lowest BCUT2D eigenvalue weighted by atomic mass is 9.78. The van der Waals surface area contributed by atoms with Crippen molar-refractivity contribution < 1.29 is 9.53 Å². The summed E-state index contributed by atoms with van der Waals surface area (Å²) >= 11 is 0. The standard InChI is InChI=1S/C13H22N2O2/c16-12-8-13(3-5-14-6-4-13)10-15(12)9-11-2-1-7-17-11/h11,14H,1-10H2/t11-/m1/s1. The molecule has 0 bridgehead atoms. The Labute approximate surface area is 103 Å². The van der Waals surface area contributed by atoms with Gasteiger partial charge in [0.25, 0.3) is 0 Å². The molecule has 0 saturated carbocycles. The molecule has 0 radical (unpaired) electrons. The molecule has 3 aliphatic rings. The van der Waals surface area contributed by atoms with E-state index in [0.29, 0.717) is 12.0 Å². The average molecular weight is 238 g/mol. The molecule has 0 aromatic heterocycles. The van der Waals surface area contributed by atoms with Crippen LogP contribution in [0.3, 0.4) is 0 Å². The molecule has 1 atom stereocenters. The summed E-state index contributed by atoms with van der Waals surface area (Å²) in [4.78, 5) is 14.1. The highest BCUT2D eigenvalue weighted by Crippen LogP contribution is 2.39. The Bertz CT molecular complexity index is 294. The van der Waals surface area contributed by atoms with Gasteiger partial charge in [-0.1, -0.05) is 0 Å². The van der Waals surface area contributed by atoms with Crippen LogP contribution in [-0.4, -0.2) is 49.7 Å². The lowest BCUT2D eigenvalue weighted by Crippen LogP contribution is -2.40. The second kappa shape index (κ2) is 4.58. The minimum Gasteiger partial charge on any atom is -0.376 e. The number of piperidine rings is 1. The van der Waals surface area contributed by atoms with Gasteiger partial charge in [0.1, 0.15) is 0 Å². The summed E-state index contributed by atoms with van der Waals surface area (Å²) in [5.74, 6) is 0.349. The zero-order chi connectivity index (χ0) is 11.7. The molecule has 0 unspecified atom stereocenters. The minimum absolute atomic E-state index is 0.279. The molecule has 0 aliphatic carbocycles. The molecule has 3 heterocycles. The van der Waals surface area contributed by atoms with E-state index in [1.54, 1.807) is 0 Å². The van der Waals surface area contributed by atoms with Gasteiger partial charge in [0.15, 0.2) is 0 Å². The first-order valence-corrected chi connectivity index (χ1v) is 6.88. The Morgan fingerprint density at radius 3 is 2.94 bits per heavy atom. The van der Waals surface area contributed by atoms with Crippen molar-refractivity contribution in [2.24, 2.45) is 5.41 Å². The predicted molar refractivity (Wildman–Crippen MR) is 64.7 cm³/mol. The first-order valence-electron chi connectivity index (χ1n) is 6.88. The summed E-state index contributed by atoms with van der Waals surface area (Å²) in [6.45, 7) is 4.81. The van der Waals surface area contributed by atoms with Crippen molar-refractivity contribution in [2.45, 2.75) is 38.2 Å². The fourth-order valence-electron chi connectivity index (χ4n) is 3.47. The second-order valence-electron chi connectivity index (χ2n) is 5.84. The Hall–Kier alpha value is -0.610. The molecule has 3 saturated heterocycles.